The molecule has 0 heterocycles. The van der Waals surface area contributed by atoms with Crippen molar-refractivity contribution in [1.82, 2.24) is 0 Å². The Morgan fingerprint density at radius 3 is 2.55 bits per heavy atom. The molecule has 0 fully saturated rings. The summed E-state index contributed by atoms with van der Waals surface area (Å²) in [4.78, 5) is 12.1. The first-order valence-corrected chi connectivity index (χ1v) is 6.66. The van der Waals surface area contributed by atoms with E-state index in [1.54, 1.807) is 31.2 Å². The van der Waals surface area contributed by atoms with Crippen molar-refractivity contribution in [2.45, 2.75) is 13.0 Å². The van der Waals surface area contributed by atoms with Crippen LogP contribution >= 0.6 is 0 Å². The number of amides is 1. The van der Waals surface area contributed by atoms with Crippen LogP contribution in [0.3, 0.4) is 0 Å². The Labute approximate surface area is 127 Å². The zero-order valence-electron chi connectivity index (χ0n) is 12.2. The highest BCUT2D eigenvalue weighted by molar-refractivity contribution is 5.97. The Hall–Kier alpha value is -2.63. The van der Waals surface area contributed by atoms with Crippen LogP contribution in [-0.2, 0) is 4.79 Å². The van der Waals surface area contributed by atoms with Crippen LogP contribution in [0.2, 0.25) is 0 Å². The van der Waals surface area contributed by atoms with Crippen molar-refractivity contribution in [3.05, 3.63) is 54.1 Å². The maximum absolute atomic E-state index is 13.1. The van der Waals surface area contributed by atoms with Crippen molar-refractivity contribution >= 4 is 17.3 Å². The highest BCUT2D eigenvalue weighted by Gasteiger charge is 2.15. The molecule has 0 saturated carbocycles. The van der Waals surface area contributed by atoms with Crippen LogP contribution in [0.1, 0.15) is 6.92 Å². The molecule has 0 spiro atoms. The van der Waals surface area contributed by atoms with Crippen molar-refractivity contribution in [3.63, 3.8) is 0 Å². The SMILES string of the molecule is COc1ccccc1NC(=O)C(C)Nc1ccc(F)c(F)c1. The molecule has 0 aliphatic carbocycles. The second kappa shape index (κ2) is 6.89. The number of ether oxygens (including phenoxy) is 1. The van der Waals surface area contributed by atoms with Gasteiger partial charge < -0.3 is 15.4 Å². The summed E-state index contributed by atoms with van der Waals surface area (Å²) >= 11 is 0. The summed E-state index contributed by atoms with van der Waals surface area (Å²) in [5.41, 5.74) is 0.857. The number of halogens is 2. The smallest absolute Gasteiger partial charge is 0.246 e. The lowest BCUT2D eigenvalue weighted by Crippen LogP contribution is -2.32. The Balaban J connectivity index is 2.04. The molecule has 0 aliphatic rings. The topological polar surface area (TPSA) is 50.4 Å². The van der Waals surface area contributed by atoms with Crippen molar-refractivity contribution in [2.24, 2.45) is 0 Å². The molecule has 1 unspecified atom stereocenters. The average Bonchev–Trinajstić information content (AvgIpc) is 2.51. The van der Waals surface area contributed by atoms with Crippen LogP contribution in [-0.4, -0.2) is 19.1 Å². The fourth-order valence-electron chi connectivity index (χ4n) is 1.89. The van der Waals surface area contributed by atoms with Crippen molar-refractivity contribution in [3.8, 4) is 5.75 Å². The Bertz CT molecular complexity index is 677. The molecule has 0 bridgehead atoms. The fraction of sp³-hybridized carbons (Fsp3) is 0.188. The van der Waals surface area contributed by atoms with E-state index in [2.05, 4.69) is 10.6 Å². The Kier molecular flexibility index (Phi) is 4.93. The molecule has 1 atom stereocenters. The van der Waals surface area contributed by atoms with Gasteiger partial charge in [0.1, 0.15) is 11.8 Å². The molecule has 1 amide bonds. The van der Waals surface area contributed by atoms with Crippen LogP contribution in [0.25, 0.3) is 0 Å². The van der Waals surface area contributed by atoms with Gasteiger partial charge in [-0.15, -0.1) is 0 Å². The van der Waals surface area contributed by atoms with Crippen LogP contribution in [0, 0.1) is 11.6 Å². The second-order valence-electron chi connectivity index (χ2n) is 4.68. The third kappa shape index (κ3) is 3.72. The van der Waals surface area contributed by atoms with Gasteiger partial charge in [0, 0.05) is 11.8 Å². The minimum atomic E-state index is -0.970. The van der Waals surface area contributed by atoms with Gasteiger partial charge in [0.05, 0.1) is 12.8 Å². The van der Waals surface area contributed by atoms with E-state index >= 15 is 0 Å². The molecule has 2 N–H and O–H groups in total. The number of methoxy groups -OCH3 is 1. The second-order valence-corrected chi connectivity index (χ2v) is 4.68. The van der Waals surface area contributed by atoms with Crippen LogP contribution in [0.4, 0.5) is 20.2 Å². The molecule has 2 aromatic rings. The summed E-state index contributed by atoms with van der Waals surface area (Å²) in [5.74, 6) is -1.69. The lowest BCUT2D eigenvalue weighted by Gasteiger charge is -2.16. The molecule has 6 heteroatoms. The minimum Gasteiger partial charge on any atom is -0.495 e. The number of para-hydroxylation sites is 2. The molecule has 2 aromatic carbocycles. The van der Waals surface area contributed by atoms with Gasteiger partial charge in [-0.05, 0) is 31.2 Å². The molecule has 116 valence electrons. The predicted octanol–water partition coefficient (Wildman–Crippen LogP) is 3.41. The quantitative estimate of drug-likeness (QED) is 0.890. The monoisotopic (exact) mass is 306 g/mol. The van der Waals surface area contributed by atoms with Gasteiger partial charge in [0.25, 0.3) is 0 Å². The molecule has 2 rings (SSSR count). The number of benzene rings is 2. The molecular formula is C16H16F2N2O2. The fourth-order valence-corrected chi connectivity index (χ4v) is 1.89. The molecule has 0 radical (unpaired) electrons. The number of hydrogen-bond donors (Lipinski definition) is 2. The van der Waals surface area contributed by atoms with E-state index < -0.39 is 17.7 Å². The first kappa shape index (κ1) is 15.8. The number of hydrogen-bond acceptors (Lipinski definition) is 3. The van der Waals surface area contributed by atoms with Gasteiger partial charge in [0.2, 0.25) is 5.91 Å². The molecular weight excluding hydrogens is 290 g/mol. The summed E-state index contributed by atoms with van der Waals surface area (Å²) < 4.78 is 31.2. The minimum absolute atomic E-state index is 0.321. The summed E-state index contributed by atoms with van der Waals surface area (Å²) in [7, 11) is 1.51. The molecule has 4 nitrogen and oxygen atoms in total. The number of nitrogens with one attached hydrogen (secondary N) is 2. The Morgan fingerprint density at radius 1 is 1.14 bits per heavy atom. The number of rotatable bonds is 5. The number of carbonyl (C=O) groups is 1. The van der Waals surface area contributed by atoms with Gasteiger partial charge >= 0.3 is 0 Å². The summed E-state index contributed by atoms with van der Waals surface area (Å²) in [6.45, 7) is 1.62. The van der Waals surface area contributed by atoms with E-state index in [0.29, 0.717) is 17.1 Å². The number of anilines is 2. The van der Waals surface area contributed by atoms with E-state index in [-0.39, 0.29) is 5.91 Å². The summed E-state index contributed by atoms with van der Waals surface area (Å²) in [5, 5.41) is 5.52. The van der Waals surface area contributed by atoms with E-state index in [1.165, 1.54) is 13.2 Å². The largest absolute Gasteiger partial charge is 0.495 e. The maximum atomic E-state index is 13.1. The highest BCUT2D eigenvalue weighted by Crippen LogP contribution is 2.23. The molecule has 0 aliphatic heterocycles. The summed E-state index contributed by atoms with van der Waals surface area (Å²) in [6.07, 6.45) is 0. The first-order chi connectivity index (χ1) is 10.5. The van der Waals surface area contributed by atoms with Gasteiger partial charge in [-0.25, -0.2) is 8.78 Å². The van der Waals surface area contributed by atoms with E-state index in [0.717, 1.165) is 12.1 Å². The van der Waals surface area contributed by atoms with Crippen molar-refractivity contribution < 1.29 is 18.3 Å². The standard InChI is InChI=1S/C16H16F2N2O2/c1-10(19-11-7-8-12(17)13(18)9-11)16(21)20-14-5-3-4-6-15(14)22-2/h3-10,19H,1-2H3,(H,20,21). The predicted molar refractivity (Wildman–Crippen MR) is 81.1 cm³/mol. The van der Waals surface area contributed by atoms with E-state index in [1.807, 2.05) is 0 Å². The normalized spacial score (nSPS) is 11.6. The van der Waals surface area contributed by atoms with Crippen LogP contribution in [0.15, 0.2) is 42.5 Å². The van der Waals surface area contributed by atoms with Crippen molar-refractivity contribution in [1.29, 1.82) is 0 Å². The average molecular weight is 306 g/mol. The van der Waals surface area contributed by atoms with Crippen LogP contribution in [0.5, 0.6) is 5.75 Å². The van der Waals surface area contributed by atoms with Gasteiger partial charge in [-0.3, -0.25) is 4.79 Å². The van der Waals surface area contributed by atoms with E-state index in [4.69, 9.17) is 4.74 Å². The van der Waals surface area contributed by atoms with Crippen molar-refractivity contribution in [2.75, 3.05) is 17.7 Å². The van der Waals surface area contributed by atoms with Gasteiger partial charge in [0.15, 0.2) is 11.6 Å². The zero-order valence-corrected chi connectivity index (χ0v) is 12.2. The molecule has 22 heavy (non-hydrogen) atoms. The van der Waals surface area contributed by atoms with Gasteiger partial charge in [-0.2, -0.15) is 0 Å². The van der Waals surface area contributed by atoms with Crippen LogP contribution < -0.4 is 15.4 Å². The Morgan fingerprint density at radius 2 is 1.86 bits per heavy atom. The third-order valence-corrected chi connectivity index (χ3v) is 3.06. The summed E-state index contributed by atoms with van der Waals surface area (Å²) in [6, 6.07) is 9.72. The lowest BCUT2D eigenvalue weighted by atomic mass is 10.2. The molecule has 0 saturated heterocycles. The lowest BCUT2D eigenvalue weighted by molar-refractivity contribution is -0.116. The number of carbonyl (C=O) groups excluding carboxylic acids is 1. The highest BCUT2D eigenvalue weighted by atomic mass is 19.2. The molecule has 0 aromatic heterocycles. The first-order valence-electron chi connectivity index (χ1n) is 6.66. The zero-order chi connectivity index (χ0) is 16.1. The van der Waals surface area contributed by atoms with E-state index in [9.17, 15) is 13.6 Å². The third-order valence-electron chi connectivity index (χ3n) is 3.06. The van der Waals surface area contributed by atoms with Gasteiger partial charge in [-0.1, -0.05) is 12.1 Å². The maximum Gasteiger partial charge on any atom is 0.246 e.